The number of nitriles is 1. The molecule has 4 aromatic rings. The molecule has 0 aliphatic heterocycles. The van der Waals surface area contributed by atoms with Crippen molar-refractivity contribution in [2.75, 3.05) is 12.4 Å². The molecule has 0 saturated heterocycles. The summed E-state index contributed by atoms with van der Waals surface area (Å²) in [5.74, 6) is 1.85. The van der Waals surface area contributed by atoms with Crippen LogP contribution < -0.4 is 14.8 Å². The molecular formula is C26H23N5O3S. The van der Waals surface area contributed by atoms with Gasteiger partial charge < -0.3 is 14.8 Å². The van der Waals surface area contributed by atoms with Crippen molar-refractivity contribution >= 4 is 23.4 Å². The largest absolute Gasteiger partial charge is 0.497 e. The van der Waals surface area contributed by atoms with Crippen LogP contribution in [-0.2, 0) is 11.4 Å². The van der Waals surface area contributed by atoms with Crippen molar-refractivity contribution in [2.24, 2.45) is 0 Å². The highest BCUT2D eigenvalue weighted by molar-refractivity contribution is 8.00. The predicted molar refractivity (Wildman–Crippen MR) is 134 cm³/mol. The van der Waals surface area contributed by atoms with Gasteiger partial charge in [-0.15, -0.1) is 10.2 Å². The number of carbonyl (C=O) groups is 1. The van der Waals surface area contributed by atoms with E-state index >= 15 is 0 Å². The second kappa shape index (κ2) is 11.2. The smallest absolute Gasteiger partial charge is 0.237 e. The molecule has 9 heteroatoms. The summed E-state index contributed by atoms with van der Waals surface area (Å²) < 4.78 is 13.0. The highest BCUT2D eigenvalue weighted by atomic mass is 32.2. The molecule has 0 bridgehead atoms. The van der Waals surface area contributed by atoms with Gasteiger partial charge in [0.1, 0.15) is 18.1 Å². The van der Waals surface area contributed by atoms with E-state index in [9.17, 15) is 4.79 Å². The minimum atomic E-state index is -0.451. The lowest BCUT2D eigenvalue weighted by Crippen LogP contribution is -2.23. The Hall–Kier alpha value is -4.29. The van der Waals surface area contributed by atoms with Crippen molar-refractivity contribution in [1.29, 1.82) is 5.26 Å². The zero-order valence-corrected chi connectivity index (χ0v) is 20.0. The number of nitrogens with one attached hydrogen (secondary N) is 1. The maximum Gasteiger partial charge on any atom is 0.237 e. The van der Waals surface area contributed by atoms with E-state index in [0.717, 1.165) is 11.4 Å². The summed E-state index contributed by atoms with van der Waals surface area (Å²) >= 11 is 1.30. The van der Waals surface area contributed by atoms with Gasteiger partial charge in [0, 0.05) is 11.4 Å². The maximum absolute atomic E-state index is 12.8. The number of para-hydroxylation sites is 1. The van der Waals surface area contributed by atoms with Gasteiger partial charge in [-0.05, 0) is 67.6 Å². The van der Waals surface area contributed by atoms with Crippen LogP contribution in [0.15, 0.2) is 84.0 Å². The summed E-state index contributed by atoms with van der Waals surface area (Å²) in [5, 5.41) is 20.6. The molecule has 0 spiro atoms. The molecule has 8 nitrogen and oxygen atoms in total. The van der Waals surface area contributed by atoms with Crippen molar-refractivity contribution in [3.63, 3.8) is 0 Å². The van der Waals surface area contributed by atoms with Crippen molar-refractivity contribution in [2.45, 2.75) is 23.9 Å². The van der Waals surface area contributed by atoms with Gasteiger partial charge in [0.25, 0.3) is 0 Å². The van der Waals surface area contributed by atoms with Gasteiger partial charge in [0.15, 0.2) is 11.0 Å². The molecule has 0 radical (unpaired) electrons. The zero-order valence-electron chi connectivity index (χ0n) is 19.2. The van der Waals surface area contributed by atoms with E-state index in [1.165, 1.54) is 11.8 Å². The molecule has 3 aromatic carbocycles. The second-order valence-corrected chi connectivity index (χ2v) is 8.78. The van der Waals surface area contributed by atoms with Crippen LogP contribution in [0.4, 0.5) is 5.69 Å². The number of anilines is 1. The number of carbonyl (C=O) groups excluding carboxylic acids is 1. The molecule has 1 heterocycles. The van der Waals surface area contributed by atoms with Crippen LogP contribution >= 0.6 is 11.8 Å². The third-order valence-corrected chi connectivity index (χ3v) is 6.12. The summed E-state index contributed by atoms with van der Waals surface area (Å²) in [6.45, 7) is 2.00. The molecule has 0 aliphatic carbocycles. The van der Waals surface area contributed by atoms with Gasteiger partial charge in [0.05, 0.1) is 24.0 Å². The topological polar surface area (TPSA) is 102 Å². The normalized spacial score (nSPS) is 11.3. The van der Waals surface area contributed by atoms with E-state index in [1.54, 1.807) is 38.3 Å². The summed E-state index contributed by atoms with van der Waals surface area (Å²) in [6, 6.07) is 25.8. The molecule has 0 unspecified atom stereocenters. The van der Waals surface area contributed by atoms with E-state index in [0.29, 0.717) is 28.0 Å². The number of ether oxygens (including phenoxy) is 2. The number of rotatable bonds is 9. The first-order valence-corrected chi connectivity index (χ1v) is 11.7. The first-order chi connectivity index (χ1) is 17.1. The zero-order chi connectivity index (χ0) is 24.6. The van der Waals surface area contributed by atoms with Crippen LogP contribution in [0.25, 0.3) is 5.69 Å². The Morgan fingerprint density at radius 1 is 1.03 bits per heavy atom. The quantitative estimate of drug-likeness (QED) is 0.338. The maximum atomic E-state index is 12.8. The molecule has 35 heavy (non-hydrogen) atoms. The number of benzene rings is 3. The lowest BCUT2D eigenvalue weighted by molar-refractivity contribution is -0.115. The van der Waals surface area contributed by atoms with Crippen molar-refractivity contribution in [3.05, 3.63) is 90.3 Å². The molecule has 4 rings (SSSR count). The van der Waals surface area contributed by atoms with Gasteiger partial charge in [0.2, 0.25) is 5.91 Å². The van der Waals surface area contributed by atoms with Crippen LogP contribution in [0.3, 0.4) is 0 Å². The van der Waals surface area contributed by atoms with E-state index in [-0.39, 0.29) is 12.5 Å². The van der Waals surface area contributed by atoms with Crippen LogP contribution in [0.5, 0.6) is 11.5 Å². The molecule has 0 fully saturated rings. The summed E-state index contributed by atoms with van der Waals surface area (Å²) in [5.41, 5.74) is 2.03. The van der Waals surface area contributed by atoms with Crippen LogP contribution in [0, 0.1) is 11.3 Å². The fraction of sp³-hybridized carbons (Fsp3) is 0.154. The van der Waals surface area contributed by atoms with Gasteiger partial charge in [-0.25, -0.2) is 0 Å². The average Bonchev–Trinajstić information content (AvgIpc) is 3.30. The lowest BCUT2D eigenvalue weighted by Gasteiger charge is -2.14. The molecule has 0 aliphatic rings. The summed E-state index contributed by atoms with van der Waals surface area (Å²) in [7, 11) is 1.61. The van der Waals surface area contributed by atoms with Crippen LogP contribution in [-0.4, -0.2) is 33.0 Å². The number of nitrogens with zero attached hydrogens (tertiary/aromatic N) is 4. The van der Waals surface area contributed by atoms with Crippen molar-refractivity contribution in [3.8, 4) is 23.3 Å². The van der Waals surface area contributed by atoms with Crippen molar-refractivity contribution in [1.82, 2.24) is 14.8 Å². The first-order valence-electron chi connectivity index (χ1n) is 10.8. The Labute approximate surface area is 207 Å². The Morgan fingerprint density at radius 3 is 2.37 bits per heavy atom. The summed E-state index contributed by atoms with van der Waals surface area (Å²) in [4.78, 5) is 12.8. The van der Waals surface area contributed by atoms with E-state index in [4.69, 9.17) is 14.7 Å². The first kappa shape index (κ1) is 23.9. The lowest BCUT2D eigenvalue weighted by atomic mass is 10.2. The third-order valence-electron chi connectivity index (χ3n) is 5.08. The average molecular weight is 486 g/mol. The Balaban J connectivity index is 1.50. The Bertz CT molecular complexity index is 1320. The molecule has 1 atom stereocenters. The molecule has 1 N–H and O–H groups in total. The second-order valence-electron chi connectivity index (χ2n) is 7.47. The molecule has 176 valence electrons. The SMILES string of the molecule is COc1ccc(OCc2nnc(S[C@H](C)C(=O)Nc3ccc(C#N)cc3)n2-c2ccccc2)cc1. The number of aromatic nitrogens is 3. The van der Waals surface area contributed by atoms with E-state index in [2.05, 4.69) is 21.6 Å². The van der Waals surface area contributed by atoms with E-state index < -0.39 is 5.25 Å². The fourth-order valence-corrected chi connectivity index (χ4v) is 4.10. The third kappa shape index (κ3) is 5.99. The Morgan fingerprint density at radius 2 is 1.71 bits per heavy atom. The number of hydrogen-bond acceptors (Lipinski definition) is 7. The fourth-order valence-electron chi connectivity index (χ4n) is 3.21. The number of thioether (sulfide) groups is 1. The monoisotopic (exact) mass is 485 g/mol. The highest BCUT2D eigenvalue weighted by Gasteiger charge is 2.21. The molecule has 1 aromatic heterocycles. The van der Waals surface area contributed by atoms with Crippen molar-refractivity contribution < 1.29 is 14.3 Å². The van der Waals surface area contributed by atoms with Gasteiger partial charge in [-0.3, -0.25) is 9.36 Å². The minimum Gasteiger partial charge on any atom is -0.497 e. The van der Waals surface area contributed by atoms with Gasteiger partial charge in [-0.2, -0.15) is 5.26 Å². The number of hydrogen-bond donors (Lipinski definition) is 1. The van der Waals surface area contributed by atoms with Gasteiger partial charge in [-0.1, -0.05) is 30.0 Å². The highest BCUT2D eigenvalue weighted by Crippen LogP contribution is 2.27. The van der Waals surface area contributed by atoms with E-state index in [1.807, 2.05) is 59.2 Å². The minimum absolute atomic E-state index is 0.182. The molecule has 0 saturated carbocycles. The molecular weight excluding hydrogens is 462 g/mol. The predicted octanol–water partition coefficient (Wildman–Crippen LogP) is 4.85. The molecule has 1 amide bonds. The number of amides is 1. The van der Waals surface area contributed by atoms with Crippen LogP contribution in [0.1, 0.15) is 18.3 Å². The van der Waals surface area contributed by atoms with Gasteiger partial charge >= 0.3 is 0 Å². The number of methoxy groups -OCH3 is 1. The standard InChI is InChI=1S/C26H23N5O3S/c1-18(25(32)28-20-10-8-19(16-27)9-11-20)35-26-30-29-24(31(26)21-6-4-3-5-7-21)17-34-23-14-12-22(33-2)13-15-23/h3-15,18H,17H2,1-2H3,(H,28,32)/t18-/m1/s1. The van der Waals surface area contributed by atoms with Crippen LogP contribution in [0.2, 0.25) is 0 Å². The summed E-state index contributed by atoms with van der Waals surface area (Å²) in [6.07, 6.45) is 0. The Kier molecular flexibility index (Phi) is 7.65.